The van der Waals surface area contributed by atoms with Crippen molar-refractivity contribution in [2.24, 2.45) is 0 Å². The summed E-state index contributed by atoms with van der Waals surface area (Å²) in [5.41, 5.74) is 5.68. The molecule has 36 heavy (non-hydrogen) atoms. The highest BCUT2D eigenvalue weighted by Gasteiger charge is 2.47. The van der Waals surface area contributed by atoms with E-state index in [9.17, 15) is 14.4 Å². The summed E-state index contributed by atoms with van der Waals surface area (Å²) in [4.78, 5) is 44.8. The summed E-state index contributed by atoms with van der Waals surface area (Å²) in [5.74, 6) is -0.790. The molecule has 1 fully saturated rings. The summed E-state index contributed by atoms with van der Waals surface area (Å²) in [7, 11) is 0. The molecule has 0 saturated heterocycles. The zero-order valence-corrected chi connectivity index (χ0v) is 19.8. The molecule has 2 N–H and O–H groups in total. The third-order valence-corrected chi connectivity index (χ3v) is 6.75. The number of carbonyl (C=O) groups is 3. The molecular weight excluding hydrogens is 454 g/mol. The lowest BCUT2D eigenvalue weighted by Gasteiger charge is -2.24. The van der Waals surface area contributed by atoms with E-state index in [2.05, 4.69) is 10.6 Å². The van der Waals surface area contributed by atoms with Gasteiger partial charge in [0, 0.05) is 35.2 Å². The van der Waals surface area contributed by atoms with Crippen LogP contribution in [0.1, 0.15) is 40.4 Å². The molecule has 1 aliphatic heterocycles. The largest absolute Gasteiger partial charge is 0.345 e. The first-order valence-electron chi connectivity index (χ1n) is 12.0. The molecule has 4 aromatic rings. The number of carbonyl (C=O) groups excluding carboxylic acids is 3. The topological polar surface area (TPSA) is 95.8 Å². The van der Waals surface area contributed by atoms with Crippen molar-refractivity contribution in [3.8, 4) is 11.3 Å². The fraction of sp³-hybridized carbons (Fsp3) is 0.214. The molecule has 1 unspecified atom stereocenters. The minimum Gasteiger partial charge on any atom is -0.345 e. The van der Waals surface area contributed by atoms with Crippen LogP contribution in [0.2, 0.25) is 0 Å². The summed E-state index contributed by atoms with van der Waals surface area (Å²) in [5, 5.41) is 5.54. The van der Waals surface area contributed by atoms with Crippen LogP contribution in [-0.2, 0) is 9.59 Å². The van der Waals surface area contributed by atoms with E-state index in [4.69, 9.17) is 4.98 Å². The third kappa shape index (κ3) is 3.90. The first-order chi connectivity index (χ1) is 17.5. The number of fused-ring (bicyclic) bond motifs is 2. The Hall–Kier alpha value is -4.46. The van der Waals surface area contributed by atoms with Crippen LogP contribution in [0.25, 0.3) is 16.9 Å². The second kappa shape index (κ2) is 8.64. The first-order valence-corrected chi connectivity index (χ1v) is 12.0. The zero-order valence-electron chi connectivity index (χ0n) is 19.8. The van der Waals surface area contributed by atoms with Gasteiger partial charge in [-0.3, -0.25) is 14.4 Å². The highest BCUT2D eigenvalue weighted by molar-refractivity contribution is 6.05. The fourth-order valence-corrected chi connectivity index (χ4v) is 4.82. The molecule has 3 amide bonds. The molecule has 2 aromatic carbocycles. The molecule has 1 aliphatic carbocycles. The van der Waals surface area contributed by atoms with Crippen molar-refractivity contribution >= 4 is 29.1 Å². The Morgan fingerprint density at radius 3 is 2.56 bits per heavy atom. The summed E-state index contributed by atoms with van der Waals surface area (Å²) >= 11 is 0. The SMILES string of the molecule is Cc1cccn2cc(-c3ccc(NC(=O)CNC(=O)C4c5ccccc5C(=O)N4C4CC4)cc3)nc12. The maximum absolute atomic E-state index is 13.1. The van der Waals surface area contributed by atoms with E-state index < -0.39 is 6.04 Å². The van der Waals surface area contributed by atoms with Crippen molar-refractivity contribution in [2.75, 3.05) is 11.9 Å². The summed E-state index contributed by atoms with van der Waals surface area (Å²) in [6.45, 7) is 1.84. The van der Waals surface area contributed by atoms with Crippen LogP contribution in [0.3, 0.4) is 0 Å². The van der Waals surface area contributed by atoms with Crippen molar-refractivity contribution < 1.29 is 14.4 Å². The van der Waals surface area contributed by atoms with Gasteiger partial charge in [-0.1, -0.05) is 36.4 Å². The van der Waals surface area contributed by atoms with E-state index in [0.717, 1.165) is 35.3 Å². The molecule has 0 radical (unpaired) electrons. The number of imidazole rings is 1. The lowest BCUT2D eigenvalue weighted by molar-refractivity contribution is -0.127. The quantitative estimate of drug-likeness (QED) is 0.441. The van der Waals surface area contributed by atoms with E-state index in [-0.39, 0.29) is 30.3 Å². The molecule has 8 heteroatoms. The van der Waals surface area contributed by atoms with Crippen LogP contribution >= 0.6 is 0 Å². The highest BCUT2D eigenvalue weighted by Crippen LogP contribution is 2.41. The Kier molecular flexibility index (Phi) is 5.29. The maximum Gasteiger partial charge on any atom is 0.255 e. The molecule has 3 heterocycles. The lowest BCUT2D eigenvalue weighted by Crippen LogP contribution is -2.42. The summed E-state index contributed by atoms with van der Waals surface area (Å²) < 4.78 is 1.99. The van der Waals surface area contributed by atoms with Crippen molar-refractivity contribution in [1.82, 2.24) is 19.6 Å². The monoisotopic (exact) mass is 479 g/mol. The van der Waals surface area contributed by atoms with E-state index in [1.807, 2.05) is 72.2 Å². The fourth-order valence-electron chi connectivity index (χ4n) is 4.82. The Bertz CT molecular complexity index is 1500. The van der Waals surface area contributed by atoms with Crippen molar-refractivity contribution in [1.29, 1.82) is 0 Å². The van der Waals surface area contributed by atoms with Crippen molar-refractivity contribution in [2.45, 2.75) is 31.8 Å². The molecule has 0 bridgehead atoms. The van der Waals surface area contributed by atoms with Gasteiger partial charge in [0.25, 0.3) is 5.91 Å². The van der Waals surface area contributed by atoms with Crippen molar-refractivity contribution in [3.05, 3.63) is 89.7 Å². The van der Waals surface area contributed by atoms with E-state index in [1.54, 1.807) is 17.0 Å². The van der Waals surface area contributed by atoms with E-state index >= 15 is 0 Å². The Morgan fingerprint density at radius 2 is 1.81 bits per heavy atom. The number of nitrogens with zero attached hydrogens (tertiary/aromatic N) is 3. The van der Waals surface area contributed by atoms with Crippen molar-refractivity contribution in [3.63, 3.8) is 0 Å². The molecule has 1 saturated carbocycles. The smallest absolute Gasteiger partial charge is 0.255 e. The Labute approximate surface area is 208 Å². The van der Waals surface area contributed by atoms with Crippen LogP contribution in [0.15, 0.2) is 73.1 Å². The number of amides is 3. The number of aromatic nitrogens is 2. The number of nitrogens with one attached hydrogen (secondary N) is 2. The van der Waals surface area contributed by atoms with Gasteiger partial charge < -0.3 is 19.9 Å². The van der Waals surface area contributed by atoms with Crippen LogP contribution in [0.5, 0.6) is 0 Å². The number of anilines is 1. The second-order valence-electron chi connectivity index (χ2n) is 9.32. The Morgan fingerprint density at radius 1 is 1.03 bits per heavy atom. The van der Waals surface area contributed by atoms with Crippen LogP contribution < -0.4 is 10.6 Å². The Balaban J connectivity index is 1.10. The minimum absolute atomic E-state index is 0.0878. The first kappa shape index (κ1) is 22.0. The molecular formula is C28H25N5O3. The molecule has 2 aliphatic rings. The van der Waals surface area contributed by atoms with Gasteiger partial charge in [0.05, 0.1) is 12.2 Å². The number of hydrogen-bond donors (Lipinski definition) is 2. The van der Waals surface area contributed by atoms with Crippen LogP contribution in [-0.4, -0.2) is 44.6 Å². The number of rotatable bonds is 6. The summed E-state index contributed by atoms with van der Waals surface area (Å²) in [6, 6.07) is 18.0. The summed E-state index contributed by atoms with van der Waals surface area (Å²) in [6.07, 6.45) is 5.73. The van der Waals surface area contributed by atoms with Gasteiger partial charge in [-0.2, -0.15) is 0 Å². The second-order valence-corrected chi connectivity index (χ2v) is 9.32. The molecule has 8 nitrogen and oxygen atoms in total. The molecule has 180 valence electrons. The number of hydrogen-bond acceptors (Lipinski definition) is 4. The minimum atomic E-state index is -0.692. The van der Waals surface area contributed by atoms with Gasteiger partial charge in [0.2, 0.25) is 11.8 Å². The maximum atomic E-state index is 13.1. The van der Waals surface area contributed by atoms with Gasteiger partial charge in [0.1, 0.15) is 11.7 Å². The standard InChI is InChI=1S/C28H25N5O3/c1-17-5-4-14-32-16-23(31-26(17)32)18-8-10-19(11-9-18)30-24(34)15-29-27(35)25-21-6-2-3-7-22(21)28(36)33(25)20-12-13-20/h2-11,14,16,20,25H,12-13,15H2,1H3,(H,29,35)(H,30,34). The number of aryl methyl sites for hydroxylation is 1. The molecule has 0 spiro atoms. The molecule has 1 atom stereocenters. The zero-order chi connectivity index (χ0) is 24.8. The molecule has 2 aromatic heterocycles. The van der Waals surface area contributed by atoms with Gasteiger partial charge in [-0.25, -0.2) is 4.98 Å². The lowest BCUT2D eigenvalue weighted by atomic mass is 10.0. The third-order valence-electron chi connectivity index (χ3n) is 6.75. The predicted octanol–water partition coefficient (Wildman–Crippen LogP) is 3.72. The van der Waals surface area contributed by atoms with E-state index in [1.165, 1.54) is 0 Å². The highest BCUT2D eigenvalue weighted by atomic mass is 16.2. The number of benzene rings is 2. The average molecular weight is 480 g/mol. The molecule has 6 rings (SSSR count). The van der Waals surface area contributed by atoms with E-state index in [0.29, 0.717) is 16.8 Å². The van der Waals surface area contributed by atoms with Gasteiger partial charge in [-0.15, -0.1) is 0 Å². The normalized spacial score (nSPS) is 16.8. The number of pyridine rings is 1. The van der Waals surface area contributed by atoms with Gasteiger partial charge in [-0.05, 0) is 55.2 Å². The van der Waals surface area contributed by atoms with Gasteiger partial charge in [0.15, 0.2) is 0 Å². The predicted molar refractivity (Wildman–Crippen MR) is 135 cm³/mol. The average Bonchev–Trinajstić information content (AvgIpc) is 3.55. The van der Waals surface area contributed by atoms with Crippen LogP contribution in [0, 0.1) is 6.92 Å². The van der Waals surface area contributed by atoms with Gasteiger partial charge >= 0.3 is 0 Å². The van der Waals surface area contributed by atoms with Crippen LogP contribution in [0.4, 0.5) is 5.69 Å².